The second-order valence-electron chi connectivity index (χ2n) is 8.80. The number of aliphatic hydroxyl groups is 2. The molecule has 1 saturated carbocycles. The highest BCUT2D eigenvalue weighted by Gasteiger charge is 2.44. The van der Waals surface area contributed by atoms with Crippen molar-refractivity contribution in [2.75, 3.05) is 0 Å². The van der Waals surface area contributed by atoms with E-state index < -0.39 is 17.6 Å². The van der Waals surface area contributed by atoms with Gasteiger partial charge in [-0.25, -0.2) is 10.1 Å². The standard InChI is InChI=1S/C11H17NO3.C8H13NO3/c1-11(2,3)9(13)10(14)12-7-4-5-8(6-7)15-12;1-5(10)8(11)9-6-2-3-7(4-6)12-9/h4-5,7-9,13H,6H2,1-3H3;5-7,10H,2-4H2,1H3/t7-,8+,9-;5-,6+,7-/m01/s1. The minimum absolute atomic E-state index is 0.0134. The van der Waals surface area contributed by atoms with Gasteiger partial charge in [-0.05, 0) is 31.6 Å². The molecule has 0 aromatic heterocycles. The first-order valence-electron chi connectivity index (χ1n) is 9.62. The number of aliphatic hydroxyl groups excluding tert-OH is 2. The number of hydrogen-bond donors (Lipinski definition) is 2. The summed E-state index contributed by atoms with van der Waals surface area (Å²) < 4.78 is 0. The Morgan fingerprint density at radius 2 is 1.74 bits per heavy atom. The maximum absolute atomic E-state index is 11.9. The number of nitrogens with zero attached hydrogens (tertiary/aromatic N) is 2. The van der Waals surface area contributed by atoms with E-state index in [1.165, 1.54) is 17.1 Å². The first-order chi connectivity index (χ1) is 12.6. The Labute approximate surface area is 159 Å². The smallest absolute Gasteiger partial charge is 0.276 e. The van der Waals surface area contributed by atoms with Crippen LogP contribution in [0.4, 0.5) is 0 Å². The second-order valence-corrected chi connectivity index (χ2v) is 8.80. The molecule has 4 aliphatic rings. The van der Waals surface area contributed by atoms with Crippen LogP contribution in [0.15, 0.2) is 12.2 Å². The van der Waals surface area contributed by atoms with Crippen molar-refractivity contribution in [1.29, 1.82) is 0 Å². The molecule has 0 radical (unpaired) electrons. The zero-order valence-corrected chi connectivity index (χ0v) is 16.4. The summed E-state index contributed by atoms with van der Waals surface area (Å²) in [4.78, 5) is 33.9. The predicted octanol–water partition coefficient (Wildman–Crippen LogP) is 0.926. The summed E-state index contributed by atoms with van der Waals surface area (Å²) in [5.74, 6) is -0.637. The van der Waals surface area contributed by atoms with Gasteiger partial charge in [0.15, 0.2) is 0 Å². The Balaban J connectivity index is 0.000000159. The lowest BCUT2D eigenvalue weighted by Gasteiger charge is -2.30. The van der Waals surface area contributed by atoms with Crippen LogP contribution in [0.1, 0.15) is 53.4 Å². The molecule has 4 bridgehead atoms. The zero-order chi connectivity index (χ0) is 19.9. The van der Waals surface area contributed by atoms with Gasteiger partial charge in [0, 0.05) is 6.42 Å². The Morgan fingerprint density at radius 1 is 1.04 bits per heavy atom. The zero-order valence-electron chi connectivity index (χ0n) is 16.4. The molecule has 8 heteroatoms. The molecule has 4 rings (SSSR count). The fraction of sp³-hybridized carbons (Fsp3) is 0.789. The van der Waals surface area contributed by atoms with Gasteiger partial charge >= 0.3 is 0 Å². The molecule has 0 unspecified atom stereocenters. The van der Waals surface area contributed by atoms with Gasteiger partial charge in [-0.1, -0.05) is 32.9 Å². The van der Waals surface area contributed by atoms with Crippen molar-refractivity contribution in [2.45, 2.75) is 89.9 Å². The van der Waals surface area contributed by atoms with Gasteiger partial charge in [0.05, 0.1) is 18.2 Å². The van der Waals surface area contributed by atoms with Crippen LogP contribution in [0.2, 0.25) is 0 Å². The van der Waals surface area contributed by atoms with Crippen LogP contribution in [0.25, 0.3) is 0 Å². The van der Waals surface area contributed by atoms with Gasteiger partial charge in [0.1, 0.15) is 18.3 Å². The quantitative estimate of drug-likeness (QED) is 0.689. The fourth-order valence-corrected chi connectivity index (χ4v) is 3.72. The van der Waals surface area contributed by atoms with Crippen molar-refractivity contribution in [1.82, 2.24) is 10.1 Å². The van der Waals surface area contributed by atoms with Crippen molar-refractivity contribution in [3.05, 3.63) is 12.2 Å². The lowest BCUT2D eigenvalue weighted by atomic mass is 9.88. The average molecular weight is 382 g/mol. The normalized spacial score (nSPS) is 33.1. The Kier molecular flexibility index (Phi) is 5.63. The van der Waals surface area contributed by atoms with Crippen LogP contribution in [0, 0.1) is 5.41 Å². The summed E-state index contributed by atoms with van der Waals surface area (Å²) in [5, 5.41) is 21.6. The molecule has 2 aliphatic carbocycles. The Bertz CT molecular complexity index is 614. The summed E-state index contributed by atoms with van der Waals surface area (Å²) in [6.45, 7) is 6.97. The van der Waals surface area contributed by atoms with E-state index in [4.69, 9.17) is 14.8 Å². The molecule has 3 fully saturated rings. The molecule has 6 atom stereocenters. The fourth-order valence-electron chi connectivity index (χ4n) is 3.72. The molecule has 2 N–H and O–H groups in total. The van der Waals surface area contributed by atoms with E-state index in [1.54, 1.807) is 0 Å². The van der Waals surface area contributed by atoms with Gasteiger partial charge in [-0.15, -0.1) is 0 Å². The minimum atomic E-state index is -1.01. The first kappa shape index (κ1) is 20.3. The number of rotatable bonds is 2. The van der Waals surface area contributed by atoms with Crippen molar-refractivity contribution >= 4 is 11.8 Å². The van der Waals surface area contributed by atoms with Gasteiger partial charge in [-0.2, -0.15) is 0 Å². The maximum Gasteiger partial charge on any atom is 0.276 e. The van der Waals surface area contributed by atoms with Crippen molar-refractivity contribution in [3.63, 3.8) is 0 Å². The number of hydroxylamine groups is 4. The maximum atomic E-state index is 11.9. The minimum Gasteiger partial charge on any atom is -0.383 e. The molecule has 8 nitrogen and oxygen atoms in total. The lowest BCUT2D eigenvalue weighted by molar-refractivity contribution is -0.205. The van der Waals surface area contributed by atoms with E-state index >= 15 is 0 Å². The summed E-state index contributed by atoms with van der Waals surface area (Å²) in [6, 6.07) is 0.233. The van der Waals surface area contributed by atoms with Gasteiger partial charge in [0.25, 0.3) is 11.8 Å². The van der Waals surface area contributed by atoms with Gasteiger partial charge < -0.3 is 10.2 Å². The molecule has 0 spiro atoms. The van der Waals surface area contributed by atoms with Gasteiger partial charge in [0.2, 0.25) is 0 Å². The SMILES string of the molecule is CC(C)(C)[C@@H](O)C(=O)N1O[C@@H]2C=C[C@H]1C2.C[C@@H](O)C(=O)N1O[C@@H]2CC[C@H]1C2. The molecule has 2 saturated heterocycles. The molecular weight excluding hydrogens is 352 g/mol. The summed E-state index contributed by atoms with van der Waals surface area (Å²) >= 11 is 0. The molecule has 2 amide bonds. The van der Waals surface area contributed by atoms with Crippen molar-refractivity contribution in [2.24, 2.45) is 5.41 Å². The second kappa shape index (κ2) is 7.50. The van der Waals surface area contributed by atoms with E-state index in [0.29, 0.717) is 0 Å². The topological polar surface area (TPSA) is 99.5 Å². The van der Waals surface area contributed by atoms with E-state index in [-0.39, 0.29) is 36.1 Å². The van der Waals surface area contributed by atoms with Crippen LogP contribution in [-0.2, 0) is 19.3 Å². The van der Waals surface area contributed by atoms with Crippen LogP contribution >= 0.6 is 0 Å². The number of amides is 2. The van der Waals surface area contributed by atoms with E-state index in [9.17, 15) is 14.7 Å². The van der Waals surface area contributed by atoms with Gasteiger partial charge in [-0.3, -0.25) is 19.3 Å². The molecule has 27 heavy (non-hydrogen) atoms. The predicted molar refractivity (Wildman–Crippen MR) is 95.8 cm³/mol. The van der Waals surface area contributed by atoms with Crippen LogP contribution in [0.5, 0.6) is 0 Å². The third kappa shape index (κ3) is 4.18. The summed E-state index contributed by atoms with van der Waals surface area (Å²) in [5.41, 5.74) is -0.452. The Hall–Kier alpha value is -1.48. The molecule has 2 heterocycles. The van der Waals surface area contributed by atoms with E-state index in [0.717, 1.165) is 25.7 Å². The number of fused-ring (bicyclic) bond motifs is 4. The van der Waals surface area contributed by atoms with E-state index in [2.05, 4.69) is 0 Å². The molecule has 0 aromatic carbocycles. The highest BCUT2D eigenvalue weighted by Crippen LogP contribution is 2.35. The summed E-state index contributed by atoms with van der Waals surface area (Å²) in [7, 11) is 0. The van der Waals surface area contributed by atoms with Crippen molar-refractivity contribution in [3.8, 4) is 0 Å². The van der Waals surface area contributed by atoms with Crippen molar-refractivity contribution < 1.29 is 29.5 Å². The molecular formula is C19H30N2O6. The highest BCUT2D eigenvalue weighted by atomic mass is 16.7. The number of carbonyl (C=O) groups excluding carboxylic acids is 2. The first-order valence-corrected chi connectivity index (χ1v) is 9.62. The monoisotopic (exact) mass is 382 g/mol. The third-order valence-electron chi connectivity index (χ3n) is 5.37. The Morgan fingerprint density at radius 3 is 2.15 bits per heavy atom. The average Bonchev–Trinajstić information content (AvgIpc) is 3.39. The third-order valence-corrected chi connectivity index (χ3v) is 5.37. The van der Waals surface area contributed by atoms with Crippen LogP contribution in [0.3, 0.4) is 0 Å². The summed E-state index contributed by atoms with van der Waals surface area (Å²) in [6.07, 6.45) is 6.04. The van der Waals surface area contributed by atoms with Crippen LogP contribution in [-0.4, -0.2) is 68.7 Å². The molecule has 0 aromatic rings. The van der Waals surface area contributed by atoms with Crippen LogP contribution < -0.4 is 0 Å². The number of carbonyl (C=O) groups is 2. The molecule has 2 aliphatic heterocycles. The molecule has 152 valence electrons. The number of hydrogen-bond acceptors (Lipinski definition) is 6. The largest absolute Gasteiger partial charge is 0.383 e. The lowest BCUT2D eigenvalue weighted by Crippen LogP contribution is -2.46. The highest BCUT2D eigenvalue weighted by molar-refractivity contribution is 5.81. The van der Waals surface area contributed by atoms with E-state index in [1.807, 2.05) is 32.9 Å².